The van der Waals surface area contributed by atoms with Gasteiger partial charge in [-0.15, -0.1) is 0 Å². The molecule has 1 aromatic carbocycles. The molecule has 0 spiro atoms. The highest BCUT2D eigenvalue weighted by molar-refractivity contribution is 5.90. The van der Waals surface area contributed by atoms with Gasteiger partial charge in [0, 0.05) is 31.0 Å². The fraction of sp³-hybridized carbons (Fsp3) is 0.600. The number of rotatable bonds is 7. The first kappa shape index (κ1) is 19.6. The molecule has 1 aliphatic heterocycles. The number of amides is 1. The Labute approximate surface area is 150 Å². The molecule has 0 saturated carbocycles. The largest absolute Gasteiger partial charge is 0.384 e. The average Bonchev–Trinajstić information content (AvgIpc) is 2.57. The third-order valence-electron chi connectivity index (χ3n) is 4.95. The highest BCUT2D eigenvalue weighted by Crippen LogP contribution is 2.27. The summed E-state index contributed by atoms with van der Waals surface area (Å²) < 4.78 is 0. The van der Waals surface area contributed by atoms with Gasteiger partial charge in [-0.25, -0.2) is 0 Å². The van der Waals surface area contributed by atoms with E-state index >= 15 is 0 Å². The van der Waals surface area contributed by atoms with Crippen molar-refractivity contribution in [3.05, 3.63) is 35.9 Å². The van der Waals surface area contributed by atoms with E-state index in [2.05, 4.69) is 6.92 Å². The molecule has 2 rings (SSSR count). The predicted molar refractivity (Wildman–Crippen MR) is 97.9 cm³/mol. The van der Waals surface area contributed by atoms with Crippen LogP contribution in [0.25, 0.3) is 0 Å². The van der Waals surface area contributed by atoms with Crippen molar-refractivity contribution in [2.45, 2.75) is 58.2 Å². The molecule has 1 aliphatic rings. The highest BCUT2D eigenvalue weighted by Gasteiger charge is 2.36. The molecular formula is C20H30N2O3. The van der Waals surface area contributed by atoms with E-state index in [1.807, 2.05) is 49.1 Å². The fourth-order valence-corrected chi connectivity index (χ4v) is 3.56. The monoisotopic (exact) mass is 346 g/mol. The zero-order chi connectivity index (χ0) is 18.6. The Balaban J connectivity index is 1.96. The minimum absolute atomic E-state index is 0.0188. The van der Waals surface area contributed by atoms with Gasteiger partial charge in [-0.2, -0.15) is 0 Å². The predicted octanol–water partition coefficient (Wildman–Crippen LogP) is 1.77. The number of hydrogen-bond acceptors (Lipinski definition) is 4. The molecule has 1 aromatic rings. The van der Waals surface area contributed by atoms with Crippen LogP contribution in [0.3, 0.4) is 0 Å². The van der Waals surface area contributed by atoms with Crippen LogP contribution in [0.5, 0.6) is 0 Å². The summed E-state index contributed by atoms with van der Waals surface area (Å²) in [5, 5.41) is 10.3. The molecule has 0 aromatic heterocycles. The third kappa shape index (κ3) is 5.13. The number of piperidine rings is 1. The second kappa shape index (κ2) is 8.59. The van der Waals surface area contributed by atoms with Crippen molar-refractivity contribution in [1.29, 1.82) is 0 Å². The van der Waals surface area contributed by atoms with Gasteiger partial charge in [0.1, 0.15) is 6.10 Å². The molecular weight excluding hydrogens is 316 g/mol. The van der Waals surface area contributed by atoms with Gasteiger partial charge in [-0.05, 0) is 38.2 Å². The first-order valence-electron chi connectivity index (χ1n) is 9.10. The van der Waals surface area contributed by atoms with Gasteiger partial charge in [0.25, 0.3) is 0 Å². The van der Waals surface area contributed by atoms with Crippen molar-refractivity contribution in [2.24, 2.45) is 17.6 Å². The van der Waals surface area contributed by atoms with Crippen molar-refractivity contribution in [3.8, 4) is 0 Å². The maximum Gasteiger partial charge on any atom is 0.226 e. The van der Waals surface area contributed by atoms with Crippen molar-refractivity contribution < 1.29 is 14.7 Å². The Hall–Kier alpha value is -1.72. The molecule has 1 saturated heterocycles. The molecule has 4 atom stereocenters. The Bertz CT molecular complexity index is 588. The minimum Gasteiger partial charge on any atom is -0.384 e. The zero-order valence-corrected chi connectivity index (χ0v) is 15.4. The molecule has 138 valence electrons. The van der Waals surface area contributed by atoms with Crippen molar-refractivity contribution in [2.75, 3.05) is 6.54 Å². The molecule has 0 bridgehead atoms. The normalized spacial score (nSPS) is 23.6. The van der Waals surface area contributed by atoms with Crippen LogP contribution in [0.15, 0.2) is 30.3 Å². The highest BCUT2D eigenvalue weighted by atomic mass is 16.3. The van der Waals surface area contributed by atoms with Crippen LogP contribution in [0.1, 0.15) is 39.2 Å². The lowest BCUT2D eigenvalue weighted by molar-refractivity contribution is -0.145. The first-order valence-corrected chi connectivity index (χ1v) is 9.10. The van der Waals surface area contributed by atoms with E-state index in [9.17, 15) is 14.7 Å². The number of aliphatic hydroxyl groups excluding tert-OH is 1. The van der Waals surface area contributed by atoms with Crippen LogP contribution < -0.4 is 5.73 Å². The number of likely N-dealkylation sites (tertiary alicyclic amines) is 1. The Morgan fingerprint density at radius 1 is 1.32 bits per heavy atom. The summed E-state index contributed by atoms with van der Waals surface area (Å²) in [6, 6.07) is 9.02. The SMILES string of the molecule is CC1CC(CC(=O)C(O)C(N)Cc2ccccc2)C(=O)N(C(C)C)C1. The number of hydrogen-bond donors (Lipinski definition) is 2. The Kier molecular flexibility index (Phi) is 6.73. The van der Waals surface area contributed by atoms with Gasteiger partial charge < -0.3 is 15.7 Å². The van der Waals surface area contributed by atoms with Gasteiger partial charge in [-0.3, -0.25) is 9.59 Å². The molecule has 1 heterocycles. The summed E-state index contributed by atoms with van der Waals surface area (Å²) in [6.45, 7) is 6.80. The summed E-state index contributed by atoms with van der Waals surface area (Å²) in [7, 11) is 0. The molecule has 0 aliphatic carbocycles. The number of benzene rings is 1. The van der Waals surface area contributed by atoms with E-state index in [0.29, 0.717) is 18.8 Å². The molecule has 5 heteroatoms. The van der Waals surface area contributed by atoms with Crippen LogP contribution in [-0.4, -0.2) is 46.4 Å². The van der Waals surface area contributed by atoms with Crippen molar-refractivity contribution in [1.82, 2.24) is 4.90 Å². The fourth-order valence-electron chi connectivity index (χ4n) is 3.56. The summed E-state index contributed by atoms with van der Waals surface area (Å²) in [5.41, 5.74) is 7.01. The second-order valence-corrected chi connectivity index (χ2v) is 7.59. The number of carbonyl (C=O) groups excluding carboxylic acids is 2. The number of carbonyl (C=O) groups is 2. The van der Waals surface area contributed by atoms with Gasteiger partial charge in [0.15, 0.2) is 5.78 Å². The summed E-state index contributed by atoms with van der Waals surface area (Å²) in [4.78, 5) is 26.9. The summed E-state index contributed by atoms with van der Waals surface area (Å²) >= 11 is 0. The van der Waals surface area contributed by atoms with Gasteiger partial charge in [0.2, 0.25) is 5.91 Å². The van der Waals surface area contributed by atoms with E-state index in [1.165, 1.54) is 0 Å². The van der Waals surface area contributed by atoms with E-state index < -0.39 is 12.1 Å². The van der Waals surface area contributed by atoms with Gasteiger partial charge in [0.05, 0.1) is 0 Å². The van der Waals surface area contributed by atoms with Gasteiger partial charge >= 0.3 is 0 Å². The van der Waals surface area contributed by atoms with E-state index in [1.54, 1.807) is 0 Å². The molecule has 0 radical (unpaired) electrons. The third-order valence-corrected chi connectivity index (χ3v) is 4.95. The number of ketones is 1. The smallest absolute Gasteiger partial charge is 0.226 e. The lowest BCUT2D eigenvalue weighted by Gasteiger charge is -2.38. The standard InChI is InChI=1S/C20H30N2O3/c1-13(2)22-12-14(3)9-16(20(22)25)11-18(23)19(24)17(21)10-15-7-5-4-6-8-15/h4-8,13-14,16-17,19,24H,9-12,21H2,1-3H3. The zero-order valence-electron chi connectivity index (χ0n) is 15.4. The molecule has 3 N–H and O–H groups in total. The van der Waals surface area contributed by atoms with Crippen LogP contribution in [-0.2, 0) is 16.0 Å². The van der Waals surface area contributed by atoms with Crippen LogP contribution >= 0.6 is 0 Å². The molecule has 25 heavy (non-hydrogen) atoms. The van der Waals surface area contributed by atoms with Gasteiger partial charge in [-0.1, -0.05) is 37.3 Å². The quantitative estimate of drug-likeness (QED) is 0.788. The minimum atomic E-state index is -1.24. The molecule has 4 unspecified atom stereocenters. The van der Waals surface area contributed by atoms with Crippen molar-refractivity contribution in [3.63, 3.8) is 0 Å². The lowest BCUT2D eigenvalue weighted by atomic mass is 9.84. The number of Topliss-reactive ketones (excluding diaryl/α,β-unsaturated/α-hetero) is 1. The van der Waals surface area contributed by atoms with Crippen LogP contribution in [0, 0.1) is 11.8 Å². The second-order valence-electron chi connectivity index (χ2n) is 7.59. The number of nitrogens with two attached hydrogens (primary N) is 1. The topological polar surface area (TPSA) is 83.6 Å². The lowest BCUT2D eigenvalue weighted by Crippen LogP contribution is -2.50. The summed E-state index contributed by atoms with van der Waals surface area (Å²) in [6.07, 6.45) is -0.0523. The first-order chi connectivity index (χ1) is 11.8. The molecule has 5 nitrogen and oxygen atoms in total. The van der Waals surface area contributed by atoms with Crippen molar-refractivity contribution >= 4 is 11.7 Å². The van der Waals surface area contributed by atoms with Crippen LogP contribution in [0.2, 0.25) is 0 Å². The summed E-state index contributed by atoms with van der Waals surface area (Å²) in [5.74, 6) is -0.310. The Morgan fingerprint density at radius 3 is 2.56 bits per heavy atom. The molecule has 1 fully saturated rings. The van der Waals surface area contributed by atoms with E-state index in [-0.39, 0.29) is 30.1 Å². The van der Waals surface area contributed by atoms with E-state index in [4.69, 9.17) is 5.73 Å². The number of aliphatic hydroxyl groups is 1. The van der Waals surface area contributed by atoms with Crippen LogP contribution in [0.4, 0.5) is 0 Å². The molecule has 1 amide bonds. The maximum atomic E-state index is 12.6. The average molecular weight is 346 g/mol. The number of nitrogens with zero attached hydrogens (tertiary/aromatic N) is 1. The Morgan fingerprint density at radius 2 is 1.96 bits per heavy atom. The van der Waals surface area contributed by atoms with E-state index in [0.717, 1.165) is 12.1 Å². The maximum absolute atomic E-state index is 12.6.